The normalized spacial score (nSPS) is 23.8. The molecule has 1 spiro atoms. The van der Waals surface area contributed by atoms with E-state index in [2.05, 4.69) is 22.1 Å². The van der Waals surface area contributed by atoms with Gasteiger partial charge < -0.3 is 39.4 Å². The molecule has 7 unspecified atom stereocenters. The van der Waals surface area contributed by atoms with E-state index in [4.69, 9.17) is 18.9 Å². The molecule has 5 aromatic carbocycles. The fraction of sp³-hybridized carbons (Fsp3) is 0.339. The molecule has 0 aliphatic carbocycles. The summed E-state index contributed by atoms with van der Waals surface area (Å²) in [6, 6.07) is 30.3. The van der Waals surface area contributed by atoms with Crippen molar-refractivity contribution in [2.45, 2.75) is 62.5 Å². The minimum Gasteiger partial charge on any atom is -0.508 e. The minimum atomic E-state index is -2.08. The summed E-state index contributed by atoms with van der Waals surface area (Å²) in [5.41, 5.74) is 1.59. The Labute approximate surface area is 417 Å². The number of imide groups is 1. The number of carbonyl (C=O) groups is 5. The van der Waals surface area contributed by atoms with E-state index in [1.807, 2.05) is 83.8 Å². The van der Waals surface area contributed by atoms with Crippen molar-refractivity contribution >= 4 is 35.5 Å². The molecule has 0 saturated carbocycles. The summed E-state index contributed by atoms with van der Waals surface area (Å²) >= 11 is 0. The number of phenols is 1. The molecule has 5 aliphatic rings. The van der Waals surface area contributed by atoms with Crippen LogP contribution in [0.15, 0.2) is 121 Å². The molecule has 0 radical (unpaired) electrons. The lowest BCUT2D eigenvalue weighted by Crippen LogP contribution is -2.59. The molecule has 10 rings (SSSR count). The van der Waals surface area contributed by atoms with Crippen molar-refractivity contribution in [2.75, 3.05) is 51.6 Å². The van der Waals surface area contributed by atoms with E-state index in [1.54, 1.807) is 49.1 Å². The standard InChI is InChI=1S/C56H55N5O11/c1-34(2)46(52(65)69-3)57-55(68)60-42-23-17-35(12-10-11-29-62)30-41(42)56(54(60)67)45(51(64)59-27-25-58(26-28-59)32-36-18-24-43-44(31-36)71-33-70-43)48-53(66)72-49(38-15-8-5-9-16-38)47(37-13-6-4-7-14-37)61(48)50(56)39-19-21-40(63)22-20-39/h4-9,13-24,30-31,34,45-50,62-63H,11,25-29,32-33H2,1-3H3,(H,57,68). The molecule has 3 fully saturated rings. The summed E-state index contributed by atoms with van der Waals surface area (Å²) in [6.45, 7) is 5.38. The minimum absolute atomic E-state index is 0.0587. The number of fused-ring (bicyclic) bond motifs is 4. The number of aromatic hydroxyl groups is 1. The van der Waals surface area contributed by atoms with Crippen molar-refractivity contribution in [3.05, 3.63) is 155 Å². The molecular weight excluding hydrogens is 919 g/mol. The summed E-state index contributed by atoms with van der Waals surface area (Å²) in [5.74, 6) is 2.59. The second-order valence-electron chi connectivity index (χ2n) is 19.0. The van der Waals surface area contributed by atoms with Crippen molar-refractivity contribution in [2.24, 2.45) is 11.8 Å². The van der Waals surface area contributed by atoms with Gasteiger partial charge in [-0.25, -0.2) is 14.5 Å². The molecule has 7 atom stereocenters. The van der Waals surface area contributed by atoms with Gasteiger partial charge in [-0.1, -0.05) is 105 Å². The molecule has 16 nitrogen and oxygen atoms in total. The SMILES string of the molecule is COC(=O)C(NC(=O)N1C(=O)C2(c3cc(C#CCCO)ccc31)C(C(=O)N1CCN(Cc3ccc4c(c3)OCO4)CC1)C1C(=O)OC(c3ccccc3)C(c3ccccc3)N1C2c1ccc(O)cc1)C(C)C. The van der Waals surface area contributed by atoms with Crippen LogP contribution in [-0.2, 0) is 40.6 Å². The molecular formula is C56H55N5O11. The van der Waals surface area contributed by atoms with Gasteiger partial charge >= 0.3 is 18.0 Å². The molecule has 5 aromatic rings. The topological polar surface area (TPSA) is 188 Å². The number of morpholine rings is 1. The van der Waals surface area contributed by atoms with E-state index in [-0.39, 0.29) is 49.9 Å². The Morgan fingerprint density at radius 3 is 2.19 bits per heavy atom. The van der Waals surface area contributed by atoms with E-state index in [0.717, 1.165) is 16.0 Å². The Hall–Kier alpha value is -7.71. The van der Waals surface area contributed by atoms with E-state index in [0.29, 0.717) is 47.8 Å². The third-order valence-corrected chi connectivity index (χ3v) is 14.5. The Bertz CT molecular complexity index is 2950. The Morgan fingerprint density at radius 2 is 1.51 bits per heavy atom. The number of esters is 2. The van der Waals surface area contributed by atoms with E-state index in [1.165, 1.54) is 19.2 Å². The highest BCUT2D eigenvalue weighted by atomic mass is 16.7. The summed E-state index contributed by atoms with van der Waals surface area (Å²) in [7, 11) is 1.21. The predicted molar refractivity (Wildman–Crippen MR) is 262 cm³/mol. The van der Waals surface area contributed by atoms with Gasteiger partial charge in [-0.05, 0) is 76.2 Å². The molecule has 5 heterocycles. The smallest absolute Gasteiger partial charge is 0.329 e. The van der Waals surface area contributed by atoms with E-state index in [9.17, 15) is 15.0 Å². The molecule has 0 aromatic heterocycles. The highest BCUT2D eigenvalue weighted by molar-refractivity contribution is 6.25. The summed E-state index contributed by atoms with van der Waals surface area (Å²) in [5, 5.41) is 23.3. The zero-order valence-electron chi connectivity index (χ0n) is 40.1. The van der Waals surface area contributed by atoms with Gasteiger partial charge in [0.2, 0.25) is 18.6 Å². The Kier molecular flexibility index (Phi) is 13.2. The number of hydrogen-bond donors (Lipinski definition) is 3. The first-order chi connectivity index (χ1) is 34.9. The number of aliphatic hydroxyl groups excluding tert-OH is 1. The number of phenolic OH excluding ortho intramolecular Hbond substituents is 1. The number of ether oxygens (including phenoxy) is 4. The number of rotatable bonds is 10. The van der Waals surface area contributed by atoms with Crippen LogP contribution >= 0.6 is 0 Å². The lowest BCUT2D eigenvalue weighted by molar-refractivity contribution is -0.179. The van der Waals surface area contributed by atoms with Gasteiger partial charge in [0.1, 0.15) is 29.4 Å². The highest BCUT2D eigenvalue weighted by Crippen LogP contribution is 2.66. The number of methoxy groups -OCH3 is 1. The fourth-order valence-corrected chi connectivity index (χ4v) is 11.3. The number of cyclic esters (lactones) is 1. The lowest BCUT2D eigenvalue weighted by Gasteiger charge is -2.46. The highest BCUT2D eigenvalue weighted by Gasteiger charge is 2.76. The summed E-state index contributed by atoms with van der Waals surface area (Å²) < 4.78 is 22.9. The second kappa shape index (κ2) is 19.8. The average Bonchev–Trinajstić information content (AvgIpc) is 4.07. The van der Waals surface area contributed by atoms with Crippen molar-refractivity contribution in [3.63, 3.8) is 0 Å². The molecule has 3 saturated heterocycles. The quantitative estimate of drug-likeness (QED) is 0.113. The van der Waals surface area contributed by atoms with Crippen LogP contribution in [0.3, 0.4) is 0 Å². The van der Waals surface area contributed by atoms with Crippen molar-refractivity contribution < 1.29 is 53.1 Å². The molecule has 3 N–H and O–H groups in total. The number of benzene rings is 5. The third kappa shape index (κ3) is 8.36. The first-order valence-corrected chi connectivity index (χ1v) is 24.2. The van der Waals surface area contributed by atoms with Gasteiger partial charge in [0.25, 0.3) is 0 Å². The Morgan fingerprint density at radius 1 is 0.819 bits per heavy atom. The number of hydrogen-bond acceptors (Lipinski definition) is 13. The summed E-state index contributed by atoms with van der Waals surface area (Å²) in [4.78, 5) is 83.6. The van der Waals surface area contributed by atoms with Gasteiger partial charge in [-0.2, -0.15) is 0 Å². The Balaban J connectivity index is 1.18. The molecule has 16 heteroatoms. The number of urea groups is 1. The monoisotopic (exact) mass is 973 g/mol. The zero-order valence-corrected chi connectivity index (χ0v) is 40.1. The molecule has 0 bridgehead atoms. The maximum atomic E-state index is 16.7. The van der Waals surface area contributed by atoms with E-state index >= 15 is 19.2 Å². The zero-order chi connectivity index (χ0) is 50.3. The van der Waals surface area contributed by atoms with E-state index < -0.39 is 77.3 Å². The molecule has 5 aliphatic heterocycles. The van der Waals surface area contributed by atoms with Crippen LogP contribution in [0.5, 0.6) is 17.2 Å². The number of aliphatic hydroxyl groups is 1. The number of carbonyl (C=O) groups excluding carboxylic acids is 5. The number of anilines is 1. The first-order valence-electron chi connectivity index (χ1n) is 24.2. The van der Waals surface area contributed by atoms with Gasteiger partial charge in [-0.15, -0.1) is 0 Å². The second-order valence-corrected chi connectivity index (χ2v) is 19.0. The van der Waals surface area contributed by atoms with Gasteiger partial charge in [-0.3, -0.25) is 24.2 Å². The number of piperazine rings is 1. The van der Waals surface area contributed by atoms with Crippen LogP contribution in [0, 0.1) is 23.7 Å². The lowest BCUT2D eigenvalue weighted by atomic mass is 9.64. The van der Waals surface area contributed by atoms with Gasteiger partial charge in [0.05, 0.1) is 37.4 Å². The number of nitrogens with one attached hydrogen (secondary N) is 1. The van der Waals surface area contributed by atoms with Crippen molar-refractivity contribution in [3.8, 4) is 29.1 Å². The predicted octanol–water partition coefficient (Wildman–Crippen LogP) is 5.77. The van der Waals surface area contributed by atoms with Crippen LogP contribution in [0.4, 0.5) is 10.5 Å². The van der Waals surface area contributed by atoms with Crippen LogP contribution in [-0.4, -0.2) is 113 Å². The van der Waals surface area contributed by atoms with Crippen molar-refractivity contribution in [1.29, 1.82) is 0 Å². The maximum absolute atomic E-state index is 16.7. The summed E-state index contributed by atoms with van der Waals surface area (Å²) in [6.07, 6.45) is -0.792. The van der Waals surface area contributed by atoms with Gasteiger partial charge in [0, 0.05) is 44.7 Å². The molecule has 4 amide bonds. The first kappa shape index (κ1) is 47.9. The fourth-order valence-electron chi connectivity index (χ4n) is 11.3. The number of amides is 4. The molecule has 370 valence electrons. The molecule has 72 heavy (non-hydrogen) atoms. The average molecular weight is 974 g/mol. The third-order valence-electron chi connectivity index (χ3n) is 14.5. The maximum Gasteiger partial charge on any atom is 0.329 e. The van der Waals surface area contributed by atoms with Crippen molar-refractivity contribution in [1.82, 2.24) is 20.0 Å². The van der Waals surface area contributed by atoms with Crippen LogP contribution in [0.2, 0.25) is 0 Å². The largest absolute Gasteiger partial charge is 0.508 e. The van der Waals surface area contributed by atoms with Crippen LogP contribution < -0.4 is 19.7 Å². The van der Waals surface area contributed by atoms with Gasteiger partial charge in [0.15, 0.2) is 11.5 Å². The van der Waals surface area contributed by atoms with Crippen LogP contribution in [0.1, 0.15) is 71.8 Å². The number of nitrogens with zero attached hydrogens (tertiary/aromatic N) is 4. The van der Waals surface area contributed by atoms with Crippen LogP contribution in [0.25, 0.3) is 0 Å².